The van der Waals surface area contributed by atoms with Crippen molar-refractivity contribution in [2.24, 2.45) is 5.73 Å². The number of hydrogen-bond acceptors (Lipinski definition) is 5. The quantitative estimate of drug-likeness (QED) is 0.616. The SMILES string of the molecule is COC(=O)C(N)CCSCc1ncccc1C. The van der Waals surface area contributed by atoms with Gasteiger partial charge in [0.25, 0.3) is 0 Å². The van der Waals surface area contributed by atoms with Gasteiger partial charge < -0.3 is 10.5 Å². The largest absolute Gasteiger partial charge is 0.468 e. The smallest absolute Gasteiger partial charge is 0.322 e. The minimum Gasteiger partial charge on any atom is -0.468 e. The molecule has 1 heterocycles. The van der Waals surface area contributed by atoms with Gasteiger partial charge >= 0.3 is 5.97 Å². The normalized spacial score (nSPS) is 12.2. The van der Waals surface area contributed by atoms with Crippen LogP contribution in [0.4, 0.5) is 0 Å². The Balaban J connectivity index is 2.25. The molecule has 0 saturated carbocycles. The molecular weight excluding hydrogens is 236 g/mol. The van der Waals surface area contributed by atoms with Gasteiger partial charge in [0.1, 0.15) is 6.04 Å². The average Bonchev–Trinajstić information content (AvgIpc) is 2.35. The molecule has 1 aromatic heterocycles. The Morgan fingerprint density at radius 3 is 3.06 bits per heavy atom. The number of ether oxygens (including phenoxy) is 1. The highest BCUT2D eigenvalue weighted by atomic mass is 32.2. The minimum atomic E-state index is -0.516. The molecule has 0 bridgehead atoms. The van der Waals surface area contributed by atoms with Gasteiger partial charge in [0, 0.05) is 11.9 Å². The summed E-state index contributed by atoms with van der Waals surface area (Å²) in [5.74, 6) is 1.33. The number of hydrogen-bond donors (Lipinski definition) is 1. The molecule has 0 fully saturated rings. The first-order valence-corrected chi connectivity index (χ1v) is 6.62. The Bertz CT molecular complexity index is 371. The molecule has 5 heteroatoms. The second kappa shape index (κ2) is 7.29. The number of esters is 1. The lowest BCUT2D eigenvalue weighted by molar-refractivity contribution is -0.142. The number of thioether (sulfide) groups is 1. The molecule has 0 amide bonds. The van der Waals surface area contributed by atoms with Crippen LogP contribution in [0.2, 0.25) is 0 Å². The zero-order valence-electron chi connectivity index (χ0n) is 10.2. The molecule has 1 rings (SSSR count). The van der Waals surface area contributed by atoms with E-state index in [0.717, 1.165) is 17.2 Å². The molecule has 0 aliphatic rings. The first kappa shape index (κ1) is 14.0. The molecule has 94 valence electrons. The van der Waals surface area contributed by atoms with Crippen LogP contribution in [0.3, 0.4) is 0 Å². The average molecular weight is 254 g/mol. The highest BCUT2D eigenvalue weighted by Crippen LogP contribution is 2.14. The zero-order chi connectivity index (χ0) is 12.7. The summed E-state index contributed by atoms with van der Waals surface area (Å²) in [6.45, 7) is 2.04. The molecule has 0 aliphatic heterocycles. The van der Waals surface area contributed by atoms with Gasteiger partial charge in [-0.05, 0) is 30.7 Å². The number of carbonyl (C=O) groups excluding carboxylic acids is 1. The van der Waals surface area contributed by atoms with E-state index in [-0.39, 0.29) is 5.97 Å². The van der Waals surface area contributed by atoms with E-state index in [9.17, 15) is 4.79 Å². The van der Waals surface area contributed by atoms with Crippen molar-refractivity contribution in [1.29, 1.82) is 0 Å². The summed E-state index contributed by atoms with van der Waals surface area (Å²) in [6.07, 6.45) is 2.42. The molecule has 0 aliphatic carbocycles. The fraction of sp³-hybridized carbons (Fsp3) is 0.500. The number of nitrogens with zero attached hydrogens (tertiary/aromatic N) is 1. The third-order valence-corrected chi connectivity index (χ3v) is 3.44. The van der Waals surface area contributed by atoms with Crippen LogP contribution in [-0.2, 0) is 15.3 Å². The second-order valence-electron chi connectivity index (χ2n) is 3.74. The van der Waals surface area contributed by atoms with Crippen molar-refractivity contribution in [1.82, 2.24) is 4.98 Å². The van der Waals surface area contributed by atoms with Crippen molar-refractivity contribution in [3.63, 3.8) is 0 Å². The maximum Gasteiger partial charge on any atom is 0.322 e. The summed E-state index contributed by atoms with van der Waals surface area (Å²) in [6, 6.07) is 3.46. The van der Waals surface area contributed by atoms with Gasteiger partial charge in [-0.3, -0.25) is 9.78 Å². The van der Waals surface area contributed by atoms with Crippen LogP contribution in [0.1, 0.15) is 17.7 Å². The fourth-order valence-electron chi connectivity index (χ4n) is 1.32. The Kier molecular flexibility index (Phi) is 6.00. The number of pyridine rings is 1. The third kappa shape index (κ3) is 4.75. The third-order valence-electron chi connectivity index (χ3n) is 2.43. The number of aryl methyl sites for hydroxylation is 1. The van der Waals surface area contributed by atoms with Crippen molar-refractivity contribution in [3.05, 3.63) is 29.6 Å². The maximum atomic E-state index is 11.1. The van der Waals surface area contributed by atoms with Gasteiger partial charge in [0.2, 0.25) is 0 Å². The van der Waals surface area contributed by atoms with E-state index in [1.165, 1.54) is 12.7 Å². The summed E-state index contributed by atoms with van der Waals surface area (Å²) in [5, 5.41) is 0. The molecule has 2 N–H and O–H groups in total. The molecular formula is C12H18N2O2S. The monoisotopic (exact) mass is 254 g/mol. The van der Waals surface area contributed by atoms with Crippen molar-refractivity contribution in [2.45, 2.75) is 25.1 Å². The first-order valence-electron chi connectivity index (χ1n) is 5.46. The highest BCUT2D eigenvalue weighted by Gasteiger charge is 2.12. The van der Waals surface area contributed by atoms with Crippen LogP contribution in [0, 0.1) is 6.92 Å². The molecule has 1 aromatic rings. The van der Waals surface area contributed by atoms with Crippen molar-refractivity contribution in [3.8, 4) is 0 Å². The van der Waals surface area contributed by atoms with Crippen LogP contribution in [-0.4, -0.2) is 29.9 Å². The highest BCUT2D eigenvalue weighted by molar-refractivity contribution is 7.98. The maximum absolute atomic E-state index is 11.1. The Labute approximate surface area is 106 Å². The lowest BCUT2D eigenvalue weighted by Gasteiger charge is -2.08. The fourth-order valence-corrected chi connectivity index (χ4v) is 2.38. The van der Waals surface area contributed by atoms with Crippen LogP contribution < -0.4 is 5.73 Å². The predicted octanol–water partition coefficient (Wildman–Crippen LogP) is 1.51. The summed E-state index contributed by atoms with van der Waals surface area (Å²) < 4.78 is 4.56. The Morgan fingerprint density at radius 1 is 1.65 bits per heavy atom. The molecule has 1 unspecified atom stereocenters. The van der Waals surface area contributed by atoms with Crippen molar-refractivity contribution >= 4 is 17.7 Å². The van der Waals surface area contributed by atoms with Gasteiger partial charge in [0.05, 0.1) is 12.8 Å². The molecule has 4 nitrogen and oxygen atoms in total. The standard InChI is InChI=1S/C12H18N2O2S/c1-9-4-3-6-14-11(9)8-17-7-5-10(13)12(15)16-2/h3-4,6,10H,5,7-8,13H2,1-2H3. The van der Waals surface area contributed by atoms with Gasteiger partial charge in [-0.25, -0.2) is 0 Å². The van der Waals surface area contributed by atoms with Crippen LogP contribution in [0.15, 0.2) is 18.3 Å². The van der Waals surface area contributed by atoms with Gasteiger partial charge in [-0.2, -0.15) is 11.8 Å². The van der Waals surface area contributed by atoms with E-state index in [1.54, 1.807) is 18.0 Å². The topological polar surface area (TPSA) is 65.2 Å². The number of methoxy groups -OCH3 is 1. The van der Waals surface area contributed by atoms with Crippen LogP contribution >= 0.6 is 11.8 Å². The predicted molar refractivity (Wildman–Crippen MR) is 69.7 cm³/mol. The van der Waals surface area contributed by atoms with E-state index in [4.69, 9.17) is 5.73 Å². The molecule has 17 heavy (non-hydrogen) atoms. The van der Waals surface area contributed by atoms with Crippen molar-refractivity contribution < 1.29 is 9.53 Å². The van der Waals surface area contributed by atoms with E-state index in [0.29, 0.717) is 6.42 Å². The molecule has 0 saturated heterocycles. The number of carbonyl (C=O) groups is 1. The summed E-state index contributed by atoms with van der Waals surface area (Å²) in [4.78, 5) is 15.4. The lowest BCUT2D eigenvalue weighted by atomic mass is 10.2. The van der Waals surface area contributed by atoms with Crippen LogP contribution in [0.25, 0.3) is 0 Å². The number of aromatic nitrogens is 1. The van der Waals surface area contributed by atoms with Gasteiger partial charge in [-0.1, -0.05) is 6.07 Å². The van der Waals surface area contributed by atoms with E-state index < -0.39 is 6.04 Å². The molecule has 0 radical (unpaired) electrons. The van der Waals surface area contributed by atoms with E-state index >= 15 is 0 Å². The number of rotatable bonds is 6. The summed E-state index contributed by atoms with van der Waals surface area (Å²) >= 11 is 1.73. The van der Waals surface area contributed by atoms with Crippen LogP contribution in [0.5, 0.6) is 0 Å². The number of nitrogens with two attached hydrogens (primary N) is 1. The summed E-state index contributed by atoms with van der Waals surface area (Å²) in [7, 11) is 1.35. The van der Waals surface area contributed by atoms with E-state index in [2.05, 4.69) is 9.72 Å². The minimum absolute atomic E-state index is 0.348. The Hall–Kier alpha value is -1.07. The molecule has 0 aromatic carbocycles. The molecule has 0 spiro atoms. The first-order chi connectivity index (χ1) is 8.15. The lowest BCUT2D eigenvalue weighted by Crippen LogP contribution is -2.31. The van der Waals surface area contributed by atoms with Gasteiger partial charge in [-0.15, -0.1) is 0 Å². The van der Waals surface area contributed by atoms with Gasteiger partial charge in [0.15, 0.2) is 0 Å². The van der Waals surface area contributed by atoms with Crippen molar-refractivity contribution in [2.75, 3.05) is 12.9 Å². The van der Waals surface area contributed by atoms with E-state index in [1.807, 2.05) is 19.1 Å². The summed E-state index contributed by atoms with van der Waals surface area (Å²) in [5.41, 5.74) is 7.91. The Morgan fingerprint density at radius 2 is 2.41 bits per heavy atom. The molecule has 1 atom stereocenters. The second-order valence-corrected chi connectivity index (χ2v) is 4.84. The zero-order valence-corrected chi connectivity index (χ0v) is 11.0.